The number of fused-ring (bicyclic) bond motifs is 1. The van der Waals surface area contributed by atoms with E-state index in [1.54, 1.807) is 0 Å². The summed E-state index contributed by atoms with van der Waals surface area (Å²) in [6.07, 6.45) is 8.40. The van der Waals surface area contributed by atoms with E-state index in [1.165, 1.54) is 50.6 Å². The van der Waals surface area contributed by atoms with Crippen LogP contribution in [0.5, 0.6) is 0 Å². The molecule has 3 atom stereocenters. The van der Waals surface area contributed by atoms with Crippen LogP contribution in [0.25, 0.3) is 0 Å². The van der Waals surface area contributed by atoms with Crippen molar-refractivity contribution in [2.24, 2.45) is 11.7 Å². The van der Waals surface area contributed by atoms with Crippen LogP contribution in [0.1, 0.15) is 50.1 Å². The van der Waals surface area contributed by atoms with Gasteiger partial charge in [-0.05, 0) is 55.8 Å². The second kappa shape index (κ2) is 6.59. The Kier molecular flexibility index (Phi) is 4.79. The van der Waals surface area contributed by atoms with Crippen molar-refractivity contribution in [2.75, 3.05) is 13.1 Å². The minimum absolute atomic E-state index is 0.397. The molecule has 2 N–H and O–H groups in total. The van der Waals surface area contributed by atoms with Crippen LogP contribution >= 0.6 is 15.9 Å². The summed E-state index contributed by atoms with van der Waals surface area (Å²) in [6, 6.07) is 9.91. The molecule has 2 aliphatic rings. The van der Waals surface area contributed by atoms with Crippen molar-refractivity contribution in [2.45, 2.75) is 50.6 Å². The lowest BCUT2D eigenvalue weighted by Crippen LogP contribution is -2.49. The number of hydrogen-bond donors (Lipinski definition) is 1. The highest BCUT2D eigenvalue weighted by atomic mass is 79.9. The average Bonchev–Trinajstić information content (AvgIpc) is 2.50. The number of hydrogen-bond acceptors (Lipinski definition) is 2. The third kappa shape index (κ3) is 2.95. The van der Waals surface area contributed by atoms with E-state index in [1.807, 2.05) is 0 Å². The fourth-order valence-electron chi connectivity index (χ4n) is 4.20. The predicted octanol–water partition coefficient (Wildman–Crippen LogP) is 4.10. The molecule has 1 aromatic carbocycles. The molecule has 1 aliphatic heterocycles. The smallest absolute Gasteiger partial charge is 0.0473 e. The topological polar surface area (TPSA) is 29.3 Å². The van der Waals surface area contributed by atoms with Crippen molar-refractivity contribution in [1.29, 1.82) is 0 Å². The fraction of sp³-hybridized carbons (Fsp3) is 0.647. The summed E-state index contributed by atoms with van der Waals surface area (Å²) < 4.78 is 1.14. The molecule has 1 saturated carbocycles. The number of halogens is 1. The minimum Gasteiger partial charge on any atom is -0.329 e. The number of benzene rings is 1. The quantitative estimate of drug-likeness (QED) is 0.900. The van der Waals surface area contributed by atoms with Gasteiger partial charge in [-0.2, -0.15) is 0 Å². The van der Waals surface area contributed by atoms with Gasteiger partial charge in [-0.25, -0.2) is 0 Å². The molecule has 2 fully saturated rings. The molecule has 0 radical (unpaired) electrons. The molecular weight excluding hydrogens is 312 g/mol. The molecular formula is C17H25BrN2. The maximum absolute atomic E-state index is 6.14. The zero-order chi connectivity index (χ0) is 13.9. The molecule has 1 aliphatic carbocycles. The van der Waals surface area contributed by atoms with Crippen LogP contribution in [0.4, 0.5) is 0 Å². The van der Waals surface area contributed by atoms with Crippen LogP contribution in [0.3, 0.4) is 0 Å². The third-order valence-corrected chi connectivity index (χ3v) is 5.69. The number of piperidine rings is 1. The van der Waals surface area contributed by atoms with Gasteiger partial charge in [0.2, 0.25) is 0 Å². The van der Waals surface area contributed by atoms with Gasteiger partial charge >= 0.3 is 0 Å². The Morgan fingerprint density at radius 2 is 1.80 bits per heavy atom. The monoisotopic (exact) mass is 336 g/mol. The predicted molar refractivity (Wildman–Crippen MR) is 87.6 cm³/mol. The van der Waals surface area contributed by atoms with E-state index >= 15 is 0 Å². The fourth-order valence-corrected chi connectivity index (χ4v) is 4.46. The van der Waals surface area contributed by atoms with Crippen LogP contribution < -0.4 is 5.73 Å². The van der Waals surface area contributed by atoms with Crippen LogP contribution in [0, 0.1) is 5.92 Å². The summed E-state index contributed by atoms with van der Waals surface area (Å²) in [4.78, 5) is 2.72. The molecule has 1 heterocycles. The van der Waals surface area contributed by atoms with E-state index in [9.17, 15) is 0 Å². The van der Waals surface area contributed by atoms with E-state index in [0.29, 0.717) is 6.04 Å². The Morgan fingerprint density at radius 1 is 1.10 bits per heavy atom. The average molecular weight is 337 g/mol. The summed E-state index contributed by atoms with van der Waals surface area (Å²) in [7, 11) is 0. The van der Waals surface area contributed by atoms with E-state index in [4.69, 9.17) is 5.73 Å². The maximum atomic E-state index is 6.14. The number of nitrogens with zero attached hydrogens (tertiary/aromatic N) is 1. The lowest BCUT2D eigenvalue weighted by molar-refractivity contribution is 0.0276. The molecule has 1 aromatic rings. The molecule has 20 heavy (non-hydrogen) atoms. The van der Waals surface area contributed by atoms with Gasteiger partial charge in [-0.3, -0.25) is 4.90 Å². The molecule has 1 unspecified atom stereocenters. The van der Waals surface area contributed by atoms with Crippen LogP contribution in [0.15, 0.2) is 28.7 Å². The second-order valence-electron chi connectivity index (χ2n) is 6.29. The van der Waals surface area contributed by atoms with E-state index < -0.39 is 0 Å². The summed E-state index contributed by atoms with van der Waals surface area (Å²) >= 11 is 3.52. The molecule has 0 bridgehead atoms. The highest BCUT2D eigenvalue weighted by Gasteiger charge is 2.36. The lowest BCUT2D eigenvalue weighted by Gasteiger charge is -2.47. The van der Waals surface area contributed by atoms with Crippen LogP contribution in [-0.4, -0.2) is 24.0 Å². The van der Waals surface area contributed by atoms with Crippen molar-refractivity contribution >= 4 is 15.9 Å². The first-order valence-electron chi connectivity index (χ1n) is 8.01. The highest BCUT2D eigenvalue weighted by molar-refractivity contribution is 9.10. The SMILES string of the molecule is NCC(c1ccc(Br)cc1)N1CCC[C@H]2CCCC[C@H]21. The molecule has 1 saturated heterocycles. The molecule has 110 valence electrons. The summed E-state index contributed by atoms with van der Waals surface area (Å²) in [5.41, 5.74) is 7.52. The van der Waals surface area contributed by atoms with E-state index in [2.05, 4.69) is 45.1 Å². The Bertz CT molecular complexity index is 429. The van der Waals surface area contributed by atoms with Gasteiger partial charge in [0.25, 0.3) is 0 Å². The Labute approximate surface area is 130 Å². The third-order valence-electron chi connectivity index (χ3n) is 5.16. The largest absolute Gasteiger partial charge is 0.329 e. The summed E-state index contributed by atoms with van der Waals surface area (Å²) in [6.45, 7) is 1.95. The van der Waals surface area contributed by atoms with Gasteiger partial charge in [-0.15, -0.1) is 0 Å². The number of nitrogens with two attached hydrogens (primary N) is 1. The van der Waals surface area contributed by atoms with Crippen molar-refractivity contribution in [3.8, 4) is 0 Å². The van der Waals surface area contributed by atoms with Gasteiger partial charge in [0.15, 0.2) is 0 Å². The highest BCUT2D eigenvalue weighted by Crippen LogP contribution is 2.39. The summed E-state index contributed by atoms with van der Waals surface area (Å²) in [5.74, 6) is 0.919. The molecule has 2 nitrogen and oxygen atoms in total. The zero-order valence-electron chi connectivity index (χ0n) is 12.1. The molecule has 0 amide bonds. The van der Waals surface area contributed by atoms with E-state index in [0.717, 1.165) is 23.0 Å². The van der Waals surface area contributed by atoms with Gasteiger partial charge in [0, 0.05) is 23.1 Å². The van der Waals surface area contributed by atoms with Crippen molar-refractivity contribution in [3.05, 3.63) is 34.3 Å². The van der Waals surface area contributed by atoms with Crippen molar-refractivity contribution in [3.63, 3.8) is 0 Å². The number of likely N-dealkylation sites (tertiary alicyclic amines) is 1. The van der Waals surface area contributed by atoms with Crippen LogP contribution in [0.2, 0.25) is 0 Å². The van der Waals surface area contributed by atoms with Gasteiger partial charge < -0.3 is 5.73 Å². The lowest BCUT2D eigenvalue weighted by atomic mass is 9.77. The van der Waals surface area contributed by atoms with Crippen molar-refractivity contribution < 1.29 is 0 Å². The molecule has 0 spiro atoms. The number of rotatable bonds is 3. The molecule has 3 rings (SSSR count). The maximum Gasteiger partial charge on any atom is 0.0473 e. The van der Waals surface area contributed by atoms with Crippen LogP contribution in [-0.2, 0) is 0 Å². The Balaban J connectivity index is 1.82. The first-order valence-corrected chi connectivity index (χ1v) is 8.80. The molecule has 0 aromatic heterocycles. The molecule has 3 heteroatoms. The first kappa shape index (κ1) is 14.6. The van der Waals surface area contributed by atoms with E-state index in [-0.39, 0.29) is 0 Å². The summed E-state index contributed by atoms with van der Waals surface area (Å²) in [5, 5.41) is 0. The second-order valence-corrected chi connectivity index (χ2v) is 7.21. The first-order chi connectivity index (χ1) is 9.79. The standard InChI is InChI=1S/C17H25BrN2/c18-15-9-7-14(8-10-15)17(12-19)20-11-3-5-13-4-1-2-6-16(13)20/h7-10,13,16-17H,1-6,11-12,19H2/t13-,16-,17?/m1/s1. The normalized spacial score (nSPS) is 28.9. The minimum atomic E-state index is 0.397. The Hall–Kier alpha value is -0.380. The Morgan fingerprint density at radius 3 is 2.55 bits per heavy atom. The zero-order valence-corrected chi connectivity index (χ0v) is 13.7. The van der Waals surface area contributed by atoms with Gasteiger partial charge in [-0.1, -0.05) is 40.9 Å². The van der Waals surface area contributed by atoms with Gasteiger partial charge in [0.1, 0.15) is 0 Å². The van der Waals surface area contributed by atoms with Gasteiger partial charge in [0.05, 0.1) is 0 Å². The van der Waals surface area contributed by atoms with Crippen molar-refractivity contribution in [1.82, 2.24) is 4.90 Å².